The van der Waals surface area contributed by atoms with Crippen LogP contribution in [0.3, 0.4) is 0 Å². The molecule has 0 radical (unpaired) electrons. The number of rotatable bonds is 4. The average Bonchev–Trinajstić information content (AvgIpc) is 4.01. The minimum Gasteiger partial charge on any atom is -0.309 e. The van der Waals surface area contributed by atoms with E-state index in [1.807, 2.05) is 11.3 Å². The normalized spacial score (nSPS) is 12.1. The van der Waals surface area contributed by atoms with Gasteiger partial charge >= 0.3 is 0 Å². The number of benzene rings is 11. The summed E-state index contributed by atoms with van der Waals surface area (Å²) in [5, 5.41) is 15.4. The molecule has 0 bridgehead atoms. The van der Waals surface area contributed by atoms with E-state index in [1.165, 1.54) is 124 Å². The van der Waals surface area contributed by atoms with Gasteiger partial charge in [-0.2, -0.15) is 0 Å². The van der Waals surface area contributed by atoms with Crippen LogP contribution in [0.25, 0.3) is 130 Å². The van der Waals surface area contributed by atoms with Gasteiger partial charge in [-0.25, -0.2) is 0 Å². The van der Waals surface area contributed by atoms with Crippen molar-refractivity contribution in [3.8, 4) is 33.6 Å². The van der Waals surface area contributed by atoms with Gasteiger partial charge in [-0.3, -0.25) is 0 Å². The molecule has 3 heterocycles. The van der Waals surface area contributed by atoms with Crippen molar-refractivity contribution in [3.63, 3.8) is 0 Å². The molecule has 0 saturated carbocycles. The zero-order valence-corrected chi connectivity index (χ0v) is 34.9. The van der Waals surface area contributed by atoms with Crippen molar-refractivity contribution in [1.29, 1.82) is 0 Å². The molecule has 0 aliphatic rings. The van der Waals surface area contributed by atoms with Crippen molar-refractivity contribution in [3.05, 3.63) is 218 Å². The Hall–Kier alpha value is -7.98. The molecule has 2 nitrogen and oxygen atoms in total. The van der Waals surface area contributed by atoms with Gasteiger partial charge in [-0.1, -0.05) is 158 Å². The van der Waals surface area contributed by atoms with E-state index in [9.17, 15) is 0 Å². The fraction of sp³-hybridized carbons (Fsp3) is 0. The van der Waals surface area contributed by atoms with Crippen molar-refractivity contribution in [2.45, 2.75) is 0 Å². The molecule has 0 N–H and O–H groups in total. The van der Waals surface area contributed by atoms with Crippen LogP contribution in [0.4, 0.5) is 0 Å². The Balaban J connectivity index is 0.930. The van der Waals surface area contributed by atoms with E-state index in [1.54, 1.807) is 0 Å². The second-order valence-corrected chi connectivity index (χ2v) is 17.9. The maximum absolute atomic E-state index is 2.47. The predicted molar refractivity (Wildman–Crippen MR) is 271 cm³/mol. The molecule has 0 aliphatic heterocycles. The Bertz CT molecular complexity index is 4180. The van der Waals surface area contributed by atoms with Crippen molar-refractivity contribution >= 4 is 107 Å². The van der Waals surface area contributed by atoms with Gasteiger partial charge < -0.3 is 9.13 Å². The molecule has 11 aromatic carbocycles. The zero-order valence-electron chi connectivity index (χ0n) is 34.1. The lowest BCUT2D eigenvalue weighted by atomic mass is 9.92. The first-order valence-corrected chi connectivity index (χ1v) is 22.5. The standard InChI is InChI=1S/C60H36N2S/c1-2-17-44-42(15-1)43-16-3-4-18-45(43)52-34-38(27-30-46(44)52)37-13-11-14-41(33-37)61-54-23-8-5-19-47(54)49-31-28-40(36-58(49)61)39-29-32-56-53(35-39)48-20-6-9-24-55(48)62(56)57-25-12-22-51-50-21-7-10-26-59(50)63-60(51)57/h1-36H. The topological polar surface area (TPSA) is 9.86 Å². The van der Waals surface area contributed by atoms with Crippen molar-refractivity contribution in [2.24, 2.45) is 0 Å². The highest BCUT2D eigenvalue weighted by Gasteiger charge is 2.19. The third-order valence-corrected chi connectivity index (χ3v) is 14.7. The van der Waals surface area contributed by atoms with Gasteiger partial charge in [0.25, 0.3) is 0 Å². The predicted octanol–water partition coefficient (Wildman–Crippen LogP) is 17.0. The highest BCUT2D eigenvalue weighted by atomic mass is 32.1. The lowest BCUT2D eigenvalue weighted by molar-refractivity contribution is 1.18. The van der Waals surface area contributed by atoms with Crippen molar-refractivity contribution < 1.29 is 0 Å². The molecule has 3 heteroatoms. The monoisotopic (exact) mass is 816 g/mol. The maximum atomic E-state index is 2.47. The van der Waals surface area contributed by atoms with Crippen LogP contribution in [0, 0.1) is 0 Å². The highest BCUT2D eigenvalue weighted by Crippen LogP contribution is 2.43. The average molecular weight is 817 g/mol. The zero-order chi connectivity index (χ0) is 41.2. The summed E-state index contributed by atoms with van der Waals surface area (Å²) in [6, 6.07) is 81.0. The van der Waals surface area contributed by atoms with E-state index in [0.29, 0.717) is 0 Å². The summed E-state index contributed by atoms with van der Waals surface area (Å²) in [6.07, 6.45) is 0. The third-order valence-electron chi connectivity index (χ3n) is 13.5. The summed E-state index contributed by atoms with van der Waals surface area (Å²) < 4.78 is 7.56. The SMILES string of the molecule is c1cc(-c2ccc3c4ccccc4c4ccccc4c3c2)cc(-n2c3ccccc3c3ccc(-c4ccc5c(c4)c4ccccc4n5-c4cccc5c4sc4ccccc45)cc32)c1. The van der Waals surface area contributed by atoms with Gasteiger partial charge in [0.05, 0.1) is 32.5 Å². The van der Waals surface area contributed by atoms with Crippen LogP contribution >= 0.6 is 11.3 Å². The molecule has 0 amide bonds. The lowest BCUT2D eigenvalue weighted by Gasteiger charge is -2.14. The van der Waals surface area contributed by atoms with E-state index in [2.05, 4.69) is 228 Å². The second kappa shape index (κ2) is 13.3. The van der Waals surface area contributed by atoms with Crippen molar-refractivity contribution in [2.75, 3.05) is 0 Å². The minimum atomic E-state index is 1.15. The third kappa shape index (κ3) is 5.06. The number of aromatic nitrogens is 2. The van der Waals surface area contributed by atoms with Gasteiger partial charge in [0, 0.05) is 42.7 Å². The number of thiophene rings is 1. The molecule has 0 atom stereocenters. The highest BCUT2D eigenvalue weighted by molar-refractivity contribution is 7.26. The Kier molecular flexibility index (Phi) is 7.30. The Morgan fingerprint density at radius 3 is 1.48 bits per heavy atom. The number of nitrogens with zero attached hydrogens (tertiary/aromatic N) is 2. The minimum absolute atomic E-state index is 1.15. The molecule has 0 unspecified atom stereocenters. The van der Waals surface area contributed by atoms with Crippen LogP contribution in [-0.4, -0.2) is 9.13 Å². The lowest BCUT2D eigenvalue weighted by Crippen LogP contribution is -1.95. The molecule has 0 fully saturated rings. The first-order valence-electron chi connectivity index (χ1n) is 21.7. The Labute approximate surface area is 366 Å². The summed E-state index contributed by atoms with van der Waals surface area (Å²) in [5.41, 5.74) is 12.0. The van der Waals surface area contributed by atoms with E-state index >= 15 is 0 Å². The molecule has 0 aliphatic carbocycles. The van der Waals surface area contributed by atoms with Crippen LogP contribution in [-0.2, 0) is 0 Å². The first-order chi connectivity index (χ1) is 31.2. The summed E-state index contributed by atoms with van der Waals surface area (Å²) in [7, 11) is 0. The Morgan fingerprint density at radius 1 is 0.254 bits per heavy atom. The summed E-state index contributed by atoms with van der Waals surface area (Å²) in [6.45, 7) is 0. The van der Waals surface area contributed by atoms with Crippen LogP contribution < -0.4 is 0 Å². The van der Waals surface area contributed by atoms with Crippen LogP contribution in [0.15, 0.2) is 218 Å². The summed E-state index contributed by atoms with van der Waals surface area (Å²) >= 11 is 1.88. The summed E-state index contributed by atoms with van der Waals surface area (Å²) in [5.74, 6) is 0. The van der Waals surface area contributed by atoms with Crippen LogP contribution in [0.2, 0.25) is 0 Å². The quantitative estimate of drug-likeness (QED) is 0.157. The number of hydrogen-bond donors (Lipinski definition) is 0. The van der Waals surface area contributed by atoms with Gasteiger partial charge in [0.2, 0.25) is 0 Å². The largest absolute Gasteiger partial charge is 0.309 e. The summed E-state index contributed by atoms with van der Waals surface area (Å²) in [4.78, 5) is 0. The molecular formula is C60H36N2S. The van der Waals surface area contributed by atoms with E-state index in [4.69, 9.17) is 0 Å². The molecule has 292 valence electrons. The molecule has 63 heavy (non-hydrogen) atoms. The molecule has 3 aromatic heterocycles. The fourth-order valence-electron chi connectivity index (χ4n) is 10.7. The molecule has 0 spiro atoms. The van der Waals surface area contributed by atoms with E-state index in [0.717, 1.165) is 5.69 Å². The molecule has 0 saturated heterocycles. The Morgan fingerprint density at radius 2 is 0.730 bits per heavy atom. The van der Waals surface area contributed by atoms with Crippen LogP contribution in [0.1, 0.15) is 0 Å². The second-order valence-electron chi connectivity index (χ2n) is 16.8. The van der Waals surface area contributed by atoms with Gasteiger partial charge in [-0.15, -0.1) is 11.3 Å². The molecule has 14 aromatic rings. The van der Waals surface area contributed by atoms with Crippen molar-refractivity contribution in [1.82, 2.24) is 9.13 Å². The van der Waals surface area contributed by atoms with E-state index in [-0.39, 0.29) is 0 Å². The van der Waals surface area contributed by atoms with Gasteiger partial charge in [0.1, 0.15) is 0 Å². The van der Waals surface area contributed by atoms with E-state index < -0.39 is 0 Å². The first kappa shape index (κ1) is 34.7. The van der Waals surface area contributed by atoms with Gasteiger partial charge in [0.15, 0.2) is 0 Å². The smallest absolute Gasteiger partial charge is 0.0640 e. The maximum Gasteiger partial charge on any atom is 0.0640 e. The number of fused-ring (bicyclic) bond motifs is 15. The molecule has 14 rings (SSSR count). The van der Waals surface area contributed by atoms with Crippen LogP contribution in [0.5, 0.6) is 0 Å². The number of para-hydroxylation sites is 2. The molecular weight excluding hydrogens is 781 g/mol. The fourth-order valence-corrected chi connectivity index (χ4v) is 11.9. The van der Waals surface area contributed by atoms with Gasteiger partial charge in [-0.05, 0) is 115 Å². The number of hydrogen-bond acceptors (Lipinski definition) is 1.